The molecule has 3 aromatic rings. The molecule has 35 heavy (non-hydrogen) atoms. The van der Waals surface area contributed by atoms with Gasteiger partial charge in [-0.1, -0.05) is 30.3 Å². The van der Waals surface area contributed by atoms with Crippen LogP contribution < -0.4 is 10.1 Å². The molecule has 5 atom stereocenters. The molecule has 2 aliphatic carbocycles. The number of carbonyl (C=O) groups is 1. The van der Waals surface area contributed by atoms with Crippen molar-refractivity contribution >= 4 is 17.7 Å². The lowest BCUT2D eigenvalue weighted by Gasteiger charge is -2.30. The third kappa shape index (κ3) is 5.24. The second-order valence-electron chi connectivity index (χ2n) is 9.62. The first-order chi connectivity index (χ1) is 17.0. The number of aromatic nitrogens is 3. The van der Waals surface area contributed by atoms with Crippen molar-refractivity contribution in [2.45, 2.75) is 69.1 Å². The minimum absolute atomic E-state index is 0.0994. The normalized spacial score (nSPS) is 22.8. The highest BCUT2D eigenvalue weighted by Gasteiger charge is 2.43. The Kier molecular flexibility index (Phi) is 7.13. The van der Waals surface area contributed by atoms with Gasteiger partial charge in [-0.15, -0.1) is 10.2 Å². The highest BCUT2D eigenvalue weighted by molar-refractivity contribution is 8.00. The molecule has 1 aromatic carbocycles. The minimum Gasteiger partial charge on any atom is -0.483 e. The van der Waals surface area contributed by atoms with E-state index in [1.54, 1.807) is 30.5 Å². The molecule has 186 valence electrons. The fraction of sp³-hybridized carbons (Fsp3) is 0.500. The lowest BCUT2D eigenvalue weighted by atomic mass is 9.84. The Morgan fingerprint density at radius 2 is 2.09 bits per heavy atom. The fourth-order valence-electron chi connectivity index (χ4n) is 5.62. The molecule has 1 amide bonds. The molecule has 2 heterocycles. The number of para-hydroxylation sites is 1. The van der Waals surface area contributed by atoms with E-state index in [0.29, 0.717) is 35.1 Å². The van der Waals surface area contributed by atoms with Crippen molar-refractivity contribution in [1.29, 1.82) is 0 Å². The molecule has 1 N–H and O–H groups in total. The number of ether oxygens (including phenoxy) is 1. The Bertz CT molecular complexity index is 1150. The summed E-state index contributed by atoms with van der Waals surface area (Å²) >= 11 is 1.39. The number of halogens is 1. The lowest BCUT2D eigenvalue weighted by molar-refractivity contribution is -0.120. The van der Waals surface area contributed by atoms with Crippen LogP contribution >= 0.6 is 11.8 Å². The van der Waals surface area contributed by atoms with Crippen LogP contribution in [-0.4, -0.2) is 25.9 Å². The summed E-state index contributed by atoms with van der Waals surface area (Å²) in [5, 5.41) is 12.1. The van der Waals surface area contributed by atoms with Crippen LogP contribution in [0.4, 0.5) is 4.39 Å². The van der Waals surface area contributed by atoms with Crippen LogP contribution in [0.2, 0.25) is 0 Å². The molecule has 0 aliphatic heterocycles. The summed E-state index contributed by atoms with van der Waals surface area (Å²) in [7, 11) is 0. The van der Waals surface area contributed by atoms with E-state index in [2.05, 4.69) is 27.0 Å². The number of benzene rings is 1. The molecule has 0 saturated heterocycles. The van der Waals surface area contributed by atoms with Gasteiger partial charge < -0.3 is 14.5 Å². The molecule has 2 saturated carbocycles. The van der Waals surface area contributed by atoms with Crippen molar-refractivity contribution in [2.24, 2.45) is 17.8 Å². The van der Waals surface area contributed by atoms with Crippen molar-refractivity contribution in [2.75, 3.05) is 0 Å². The van der Waals surface area contributed by atoms with Gasteiger partial charge in [0, 0.05) is 6.04 Å². The minimum atomic E-state index is -0.406. The largest absolute Gasteiger partial charge is 0.483 e. The van der Waals surface area contributed by atoms with Gasteiger partial charge >= 0.3 is 0 Å². The van der Waals surface area contributed by atoms with E-state index in [-0.39, 0.29) is 29.6 Å². The van der Waals surface area contributed by atoms with E-state index in [0.717, 1.165) is 5.92 Å². The zero-order chi connectivity index (χ0) is 24.4. The van der Waals surface area contributed by atoms with Gasteiger partial charge in [0.1, 0.15) is 12.4 Å². The molecular weight excluding hydrogens is 467 g/mol. The molecule has 2 bridgehead atoms. The first kappa shape index (κ1) is 23.9. The van der Waals surface area contributed by atoms with E-state index in [1.807, 2.05) is 13.0 Å². The van der Waals surface area contributed by atoms with Crippen LogP contribution in [0.1, 0.15) is 57.2 Å². The standard InChI is InChI=1S/C26H31FN4O3S/c1-16(21-13-18-9-10-19(21)12-18)31-24(15-34-23-8-4-3-7-22(23)27)29-30-26(31)35-17(2)25(32)28-14-20-6-5-11-33-20/h3-8,11,16-19,21H,9-10,12-15H2,1-2H3,(H,28,32). The quantitative estimate of drug-likeness (QED) is 0.378. The molecule has 5 unspecified atom stereocenters. The van der Waals surface area contributed by atoms with Crippen molar-refractivity contribution in [3.05, 3.63) is 60.1 Å². The number of nitrogens with zero attached hydrogens (tertiary/aromatic N) is 3. The fourth-order valence-corrected chi connectivity index (χ4v) is 6.60. The molecule has 2 fully saturated rings. The van der Waals surface area contributed by atoms with Crippen LogP contribution in [0.15, 0.2) is 52.2 Å². The van der Waals surface area contributed by atoms with Gasteiger partial charge in [0.2, 0.25) is 5.91 Å². The molecule has 2 aliphatic rings. The molecule has 9 heteroatoms. The number of amides is 1. The van der Waals surface area contributed by atoms with Crippen LogP contribution in [0, 0.1) is 23.6 Å². The summed E-state index contributed by atoms with van der Waals surface area (Å²) in [5.74, 6) is 3.10. The molecular formula is C26H31FN4O3S. The summed E-state index contributed by atoms with van der Waals surface area (Å²) in [6, 6.07) is 10.1. The van der Waals surface area contributed by atoms with Gasteiger partial charge in [-0.05, 0) is 75.1 Å². The maximum absolute atomic E-state index is 14.1. The predicted molar refractivity (Wildman–Crippen MR) is 130 cm³/mol. The van der Waals surface area contributed by atoms with E-state index in [4.69, 9.17) is 9.15 Å². The van der Waals surface area contributed by atoms with Crippen molar-refractivity contribution in [1.82, 2.24) is 20.1 Å². The van der Waals surface area contributed by atoms with E-state index >= 15 is 0 Å². The molecule has 2 aromatic heterocycles. The zero-order valence-electron chi connectivity index (χ0n) is 20.0. The maximum atomic E-state index is 14.1. The highest BCUT2D eigenvalue weighted by atomic mass is 32.2. The zero-order valence-corrected chi connectivity index (χ0v) is 20.8. The molecule has 5 rings (SSSR count). The predicted octanol–water partition coefficient (Wildman–Crippen LogP) is 5.38. The first-order valence-electron chi connectivity index (χ1n) is 12.3. The van der Waals surface area contributed by atoms with Crippen LogP contribution in [0.5, 0.6) is 5.75 Å². The van der Waals surface area contributed by atoms with Crippen molar-refractivity contribution < 1.29 is 18.3 Å². The third-order valence-electron chi connectivity index (χ3n) is 7.42. The highest BCUT2D eigenvalue weighted by Crippen LogP contribution is 2.52. The Balaban J connectivity index is 1.33. The second-order valence-corrected chi connectivity index (χ2v) is 10.9. The monoisotopic (exact) mass is 498 g/mol. The average molecular weight is 499 g/mol. The van der Waals surface area contributed by atoms with Gasteiger partial charge in [-0.2, -0.15) is 0 Å². The summed E-state index contributed by atoms with van der Waals surface area (Å²) in [4.78, 5) is 12.7. The Morgan fingerprint density at radius 3 is 2.80 bits per heavy atom. The molecule has 0 radical (unpaired) electrons. The van der Waals surface area contributed by atoms with E-state index in [1.165, 1.54) is 43.5 Å². The van der Waals surface area contributed by atoms with Gasteiger partial charge in [0.05, 0.1) is 18.1 Å². The number of nitrogens with one attached hydrogen (secondary N) is 1. The van der Waals surface area contributed by atoms with Gasteiger partial charge in [-0.3, -0.25) is 9.36 Å². The molecule has 7 nitrogen and oxygen atoms in total. The number of rotatable bonds is 10. The van der Waals surface area contributed by atoms with Gasteiger partial charge in [0.25, 0.3) is 0 Å². The smallest absolute Gasteiger partial charge is 0.233 e. The lowest BCUT2D eigenvalue weighted by Crippen LogP contribution is -2.31. The van der Waals surface area contributed by atoms with Crippen LogP contribution in [-0.2, 0) is 17.9 Å². The van der Waals surface area contributed by atoms with Crippen LogP contribution in [0.3, 0.4) is 0 Å². The number of hydrogen-bond acceptors (Lipinski definition) is 6. The molecule has 0 spiro atoms. The Hall–Kier alpha value is -2.81. The average Bonchev–Trinajstić information content (AvgIpc) is 3.67. The van der Waals surface area contributed by atoms with Crippen LogP contribution in [0.25, 0.3) is 0 Å². The summed E-state index contributed by atoms with van der Waals surface area (Å²) in [6.07, 6.45) is 6.70. The van der Waals surface area contributed by atoms with Crippen molar-refractivity contribution in [3.63, 3.8) is 0 Å². The Labute approximate surface area is 208 Å². The first-order valence-corrected chi connectivity index (χ1v) is 13.2. The maximum Gasteiger partial charge on any atom is 0.233 e. The second kappa shape index (κ2) is 10.4. The topological polar surface area (TPSA) is 82.2 Å². The number of furan rings is 1. The van der Waals surface area contributed by atoms with Gasteiger partial charge in [0.15, 0.2) is 22.5 Å². The summed E-state index contributed by atoms with van der Waals surface area (Å²) in [6.45, 7) is 4.53. The number of thioether (sulfide) groups is 1. The summed E-state index contributed by atoms with van der Waals surface area (Å²) in [5.41, 5.74) is 0. The summed E-state index contributed by atoms with van der Waals surface area (Å²) < 4.78 is 27.3. The third-order valence-corrected chi connectivity index (χ3v) is 8.47. The number of hydrogen-bond donors (Lipinski definition) is 1. The number of fused-ring (bicyclic) bond motifs is 2. The number of carbonyl (C=O) groups excluding carboxylic acids is 1. The van der Waals surface area contributed by atoms with E-state index < -0.39 is 5.82 Å². The SMILES string of the molecule is CC(Sc1nnc(COc2ccccc2F)n1C(C)C1CC2CCC1C2)C(=O)NCc1ccco1. The van der Waals surface area contributed by atoms with Gasteiger partial charge in [-0.25, -0.2) is 4.39 Å². The Morgan fingerprint density at radius 1 is 1.23 bits per heavy atom. The van der Waals surface area contributed by atoms with Crippen molar-refractivity contribution in [3.8, 4) is 5.75 Å². The van der Waals surface area contributed by atoms with E-state index in [9.17, 15) is 9.18 Å².